The minimum Gasteiger partial charge on any atom is -0.378 e. The summed E-state index contributed by atoms with van der Waals surface area (Å²) in [4.78, 5) is 18.3. The van der Waals surface area contributed by atoms with E-state index in [2.05, 4.69) is 26.2 Å². The van der Waals surface area contributed by atoms with Crippen LogP contribution in [0.4, 0.5) is 9.93 Å². The first-order valence-corrected chi connectivity index (χ1v) is 8.25. The van der Waals surface area contributed by atoms with Gasteiger partial charge in [-0.05, 0) is 12.1 Å². The quantitative estimate of drug-likeness (QED) is 0.884. The normalized spacial score (nSPS) is 15.0. The molecule has 0 aliphatic carbocycles. The fourth-order valence-corrected chi connectivity index (χ4v) is 3.00. The monoisotopic (exact) mass is 367 g/mol. The number of urea groups is 1. The number of nitrogens with zero attached hydrogens (tertiary/aromatic N) is 2. The van der Waals surface area contributed by atoms with E-state index in [9.17, 15) is 4.79 Å². The highest BCUT2D eigenvalue weighted by Crippen LogP contribution is 2.26. The number of hydrogen-bond donors (Lipinski definition) is 1. The van der Waals surface area contributed by atoms with E-state index in [1.165, 1.54) is 11.3 Å². The van der Waals surface area contributed by atoms with E-state index in [0.717, 1.165) is 15.7 Å². The third-order valence-electron chi connectivity index (χ3n) is 3.16. The number of thiazole rings is 1. The van der Waals surface area contributed by atoms with Crippen molar-refractivity contribution in [1.29, 1.82) is 0 Å². The van der Waals surface area contributed by atoms with E-state index >= 15 is 0 Å². The molecule has 21 heavy (non-hydrogen) atoms. The summed E-state index contributed by atoms with van der Waals surface area (Å²) >= 11 is 4.84. The van der Waals surface area contributed by atoms with Crippen molar-refractivity contribution >= 4 is 38.4 Å². The number of anilines is 1. The maximum atomic E-state index is 12.1. The molecular formula is C14H14BrN3O2S. The molecule has 0 bridgehead atoms. The molecule has 1 saturated heterocycles. The Morgan fingerprint density at radius 2 is 2.00 bits per heavy atom. The molecule has 3 rings (SSSR count). The maximum absolute atomic E-state index is 12.1. The lowest BCUT2D eigenvalue weighted by Crippen LogP contribution is -2.43. The molecule has 110 valence electrons. The standard InChI is InChI=1S/C14H14BrN3O2S/c15-11-3-1-10(2-4-11)12-9-21-13(16-12)17-14(19)18-5-7-20-8-6-18/h1-4,9H,5-8H2,(H,16,17,19). The smallest absolute Gasteiger partial charge is 0.323 e. The maximum Gasteiger partial charge on any atom is 0.323 e. The van der Waals surface area contributed by atoms with Crippen LogP contribution in [0.2, 0.25) is 0 Å². The second-order valence-electron chi connectivity index (χ2n) is 4.57. The molecule has 5 nitrogen and oxygen atoms in total. The number of halogens is 1. The first-order chi connectivity index (χ1) is 10.2. The lowest BCUT2D eigenvalue weighted by Gasteiger charge is -2.26. The molecule has 1 aromatic heterocycles. The first kappa shape index (κ1) is 14.5. The molecule has 2 aromatic rings. The van der Waals surface area contributed by atoms with Crippen molar-refractivity contribution in [3.05, 3.63) is 34.1 Å². The molecule has 0 unspecified atom stereocenters. The Balaban J connectivity index is 1.67. The Morgan fingerprint density at radius 3 is 2.71 bits per heavy atom. The van der Waals surface area contributed by atoms with E-state index in [1.807, 2.05) is 29.6 Å². The average Bonchev–Trinajstić information content (AvgIpc) is 2.97. The van der Waals surface area contributed by atoms with E-state index in [-0.39, 0.29) is 6.03 Å². The van der Waals surface area contributed by atoms with Gasteiger partial charge < -0.3 is 9.64 Å². The van der Waals surface area contributed by atoms with Crippen LogP contribution in [-0.2, 0) is 4.74 Å². The number of hydrogen-bond acceptors (Lipinski definition) is 4. The Bertz CT molecular complexity index is 623. The number of nitrogens with one attached hydrogen (secondary N) is 1. The number of amides is 2. The summed E-state index contributed by atoms with van der Waals surface area (Å²) in [6.45, 7) is 2.43. The van der Waals surface area contributed by atoms with Crippen LogP contribution in [0.1, 0.15) is 0 Å². The first-order valence-electron chi connectivity index (χ1n) is 6.57. The van der Waals surface area contributed by atoms with Crippen LogP contribution in [0.15, 0.2) is 34.1 Å². The van der Waals surface area contributed by atoms with Crippen LogP contribution >= 0.6 is 27.3 Å². The van der Waals surface area contributed by atoms with Crippen LogP contribution in [0.3, 0.4) is 0 Å². The Kier molecular flexibility index (Phi) is 4.52. The Hall–Kier alpha value is -1.44. The molecule has 1 aliphatic rings. The van der Waals surface area contributed by atoms with Crippen molar-refractivity contribution in [2.75, 3.05) is 31.6 Å². The topological polar surface area (TPSA) is 54.5 Å². The van der Waals surface area contributed by atoms with E-state index < -0.39 is 0 Å². The van der Waals surface area contributed by atoms with Crippen LogP contribution in [-0.4, -0.2) is 42.2 Å². The van der Waals surface area contributed by atoms with Gasteiger partial charge >= 0.3 is 6.03 Å². The molecule has 1 aliphatic heterocycles. The van der Waals surface area contributed by atoms with Crippen molar-refractivity contribution in [2.24, 2.45) is 0 Å². The lowest BCUT2D eigenvalue weighted by molar-refractivity contribution is 0.0564. The second-order valence-corrected chi connectivity index (χ2v) is 6.35. The van der Waals surface area contributed by atoms with E-state index in [1.54, 1.807) is 4.90 Å². The minimum atomic E-state index is -0.116. The molecule has 2 amide bonds. The number of morpholine rings is 1. The summed E-state index contributed by atoms with van der Waals surface area (Å²) in [5.74, 6) is 0. The van der Waals surface area contributed by atoms with Gasteiger partial charge in [-0.1, -0.05) is 28.1 Å². The average molecular weight is 368 g/mol. The molecule has 1 fully saturated rings. The summed E-state index contributed by atoms with van der Waals surface area (Å²) in [7, 11) is 0. The molecule has 2 heterocycles. The molecule has 0 atom stereocenters. The van der Waals surface area contributed by atoms with Gasteiger partial charge in [0.1, 0.15) is 0 Å². The van der Waals surface area contributed by atoms with Crippen molar-refractivity contribution in [1.82, 2.24) is 9.88 Å². The third-order valence-corrected chi connectivity index (χ3v) is 4.44. The summed E-state index contributed by atoms with van der Waals surface area (Å²) < 4.78 is 6.26. The van der Waals surface area contributed by atoms with Crippen molar-refractivity contribution in [3.63, 3.8) is 0 Å². The summed E-state index contributed by atoms with van der Waals surface area (Å²) in [5, 5.41) is 5.40. The zero-order valence-corrected chi connectivity index (χ0v) is 13.6. The Morgan fingerprint density at radius 1 is 1.29 bits per heavy atom. The molecular weight excluding hydrogens is 354 g/mol. The number of benzene rings is 1. The van der Waals surface area contributed by atoms with Crippen molar-refractivity contribution < 1.29 is 9.53 Å². The Labute approximate surface area is 135 Å². The van der Waals surface area contributed by atoms with Gasteiger partial charge in [0.25, 0.3) is 0 Å². The van der Waals surface area contributed by atoms with Gasteiger partial charge in [-0.15, -0.1) is 11.3 Å². The van der Waals surface area contributed by atoms with Crippen LogP contribution in [0, 0.1) is 0 Å². The van der Waals surface area contributed by atoms with Gasteiger partial charge in [0.05, 0.1) is 18.9 Å². The highest BCUT2D eigenvalue weighted by Gasteiger charge is 2.17. The summed E-state index contributed by atoms with van der Waals surface area (Å²) in [6, 6.07) is 7.82. The SMILES string of the molecule is O=C(Nc1nc(-c2ccc(Br)cc2)cs1)N1CCOCC1. The number of aromatic nitrogens is 1. The fraction of sp³-hybridized carbons (Fsp3) is 0.286. The molecule has 0 saturated carbocycles. The van der Waals surface area contributed by atoms with Crippen molar-refractivity contribution in [2.45, 2.75) is 0 Å². The van der Waals surface area contributed by atoms with Gasteiger partial charge in [0.15, 0.2) is 5.13 Å². The molecule has 1 N–H and O–H groups in total. The van der Waals surface area contributed by atoms with Crippen LogP contribution < -0.4 is 5.32 Å². The number of rotatable bonds is 2. The zero-order chi connectivity index (χ0) is 14.7. The lowest BCUT2D eigenvalue weighted by atomic mass is 10.2. The van der Waals surface area contributed by atoms with Crippen LogP contribution in [0.25, 0.3) is 11.3 Å². The second kappa shape index (κ2) is 6.55. The van der Waals surface area contributed by atoms with E-state index in [4.69, 9.17) is 4.74 Å². The van der Waals surface area contributed by atoms with Crippen LogP contribution in [0.5, 0.6) is 0 Å². The highest BCUT2D eigenvalue weighted by molar-refractivity contribution is 9.10. The molecule has 0 spiro atoms. The summed E-state index contributed by atoms with van der Waals surface area (Å²) in [5.41, 5.74) is 1.89. The summed E-state index contributed by atoms with van der Waals surface area (Å²) in [6.07, 6.45) is 0. The zero-order valence-electron chi connectivity index (χ0n) is 11.2. The molecule has 1 aromatic carbocycles. The van der Waals surface area contributed by atoms with Gasteiger partial charge in [-0.3, -0.25) is 5.32 Å². The van der Waals surface area contributed by atoms with E-state index in [0.29, 0.717) is 31.4 Å². The third kappa shape index (κ3) is 3.61. The fourth-order valence-electron chi connectivity index (χ4n) is 2.02. The number of carbonyl (C=O) groups is 1. The van der Waals surface area contributed by atoms with Gasteiger partial charge in [-0.2, -0.15) is 0 Å². The number of carbonyl (C=O) groups excluding carboxylic acids is 1. The predicted octanol–water partition coefficient (Wildman–Crippen LogP) is 3.44. The molecule has 7 heteroatoms. The predicted molar refractivity (Wildman–Crippen MR) is 86.7 cm³/mol. The van der Waals surface area contributed by atoms with Gasteiger partial charge in [0.2, 0.25) is 0 Å². The minimum absolute atomic E-state index is 0.116. The number of ether oxygens (including phenoxy) is 1. The highest BCUT2D eigenvalue weighted by atomic mass is 79.9. The van der Waals surface area contributed by atoms with Gasteiger partial charge in [0, 0.05) is 28.5 Å². The molecule has 0 radical (unpaired) electrons. The van der Waals surface area contributed by atoms with Crippen molar-refractivity contribution in [3.8, 4) is 11.3 Å². The largest absolute Gasteiger partial charge is 0.378 e. The van der Waals surface area contributed by atoms with Gasteiger partial charge in [-0.25, -0.2) is 9.78 Å².